The molecule has 2 N–H and O–H groups in total. The van der Waals surface area contributed by atoms with E-state index in [1.165, 1.54) is 0 Å². The van der Waals surface area contributed by atoms with Crippen LogP contribution in [-0.2, 0) is 11.3 Å². The number of aromatic nitrogens is 2. The molecule has 1 aromatic heterocycles. The van der Waals surface area contributed by atoms with Gasteiger partial charge in [-0.1, -0.05) is 16.8 Å². The smallest absolute Gasteiger partial charge is 0.246 e. The number of nitrogens with one attached hydrogen (secondary N) is 2. The fourth-order valence-electron chi connectivity index (χ4n) is 3.35. The largest absolute Gasteiger partial charge is 0.352 e. The molecule has 4 rings (SSSR count). The van der Waals surface area contributed by atoms with Gasteiger partial charge < -0.3 is 20.1 Å². The van der Waals surface area contributed by atoms with E-state index in [4.69, 9.17) is 16.1 Å². The van der Waals surface area contributed by atoms with Crippen molar-refractivity contribution in [2.75, 3.05) is 39.8 Å². The van der Waals surface area contributed by atoms with Crippen molar-refractivity contribution in [3.05, 3.63) is 35.2 Å². The van der Waals surface area contributed by atoms with Crippen LogP contribution in [0.25, 0.3) is 11.4 Å². The van der Waals surface area contributed by atoms with Crippen LogP contribution in [0.1, 0.15) is 18.7 Å². The number of benzene rings is 1. The highest BCUT2D eigenvalue weighted by molar-refractivity contribution is 6.30. The normalized spacial score (nSPS) is 17.8. The Kier molecular flexibility index (Phi) is 6.49. The zero-order chi connectivity index (χ0) is 20.9. The maximum Gasteiger partial charge on any atom is 0.246 e. The van der Waals surface area contributed by atoms with Gasteiger partial charge in [-0.2, -0.15) is 4.98 Å². The molecule has 10 heteroatoms. The van der Waals surface area contributed by atoms with Crippen molar-refractivity contribution >= 4 is 23.5 Å². The molecule has 0 unspecified atom stereocenters. The summed E-state index contributed by atoms with van der Waals surface area (Å²) in [5.74, 6) is 1.91. The predicted molar refractivity (Wildman–Crippen MR) is 114 cm³/mol. The summed E-state index contributed by atoms with van der Waals surface area (Å²) in [5, 5.41) is 11.0. The van der Waals surface area contributed by atoms with E-state index in [9.17, 15) is 4.79 Å². The predicted octanol–water partition coefficient (Wildman–Crippen LogP) is 1.36. The van der Waals surface area contributed by atoms with Gasteiger partial charge in [0.1, 0.15) is 0 Å². The minimum absolute atomic E-state index is 0.126. The molecule has 2 aliphatic rings. The molecule has 0 spiro atoms. The lowest BCUT2D eigenvalue weighted by Crippen LogP contribution is -2.54. The number of carbonyl (C=O) groups excluding carboxylic acids is 1. The molecule has 2 aromatic rings. The number of hydrogen-bond donors (Lipinski definition) is 2. The van der Waals surface area contributed by atoms with Crippen LogP contribution in [0.3, 0.4) is 0 Å². The van der Waals surface area contributed by atoms with Gasteiger partial charge in [0.25, 0.3) is 0 Å². The third-order valence-electron chi connectivity index (χ3n) is 5.16. The standard InChI is InChI=1S/C20H26ClN7O2/c1-22-20(28-10-8-27(9-11-28)13-17(29)24-16-6-7-16)23-12-18-25-19(26-30-18)14-2-4-15(21)5-3-14/h2-5,16H,6-13H2,1H3,(H,22,23)(H,24,29). The third kappa shape index (κ3) is 5.48. The van der Waals surface area contributed by atoms with Crippen molar-refractivity contribution in [3.8, 4) is 11.4 Å². The molecule has 1 aliphatic heterocycles. The zero-order valence-electron chi connectivity index (χ0n) is 17.0. The summed E-state index contributed by atoms with van der Waals surface area (Å²) in [6.07, 6.45) is 2.23. The first-order valence-corrected chi connectivity index (χ1v) is 10.5. The quantitative estimate of drug-likeness (QED) is 0.526. The fraction of sp³-hybridized carbons (Fsp3) is 0.500. The first kappa shape index (κ1) is 20.6. The first-order valence-electron chi connectivity index (χ1n) is 10.2. The Bertz CT molecular complexity index is 887. The number of rotatable bonds is 6. The number of nitrogens with zero attached hydrogens (tertiary/aromatic N) is 5. The number of carbonyl (C=O) groups is 1. The highest BCUT2D eigenvalue weighted by Gasteiger charge is 2.26. The summed E-state index contributed by atoms with van der Waals surface area (Å²) < 4.78 is 5.35. The maximum atomic E-state index is 12.0. The molecule has 9 nitrogen and oxygen atoms in total. The van der Waals surface area contributed by atoms with E-state index in [1.54, 1.807) is 19.2 Å². The minimum atomic E-state index is 0.126. The van der Waals surface area contributed by atoms with E-state index < -0.39 is 0 Å². The second-order valence-electron chi connectivity index (χ2n) is 7.52. The molecule has 0 bridgehead atoms. The summed E-state index contributed by atoms with van der Waals surface area (Å²) >= 11 is 5.92. The van der Waals surface area contributed by atoms with Crippen molar-refractivity contribution in [2.24, 2.45) is 4.99 Å². The molecule has 30 heavy (non-hydrogen) atoms. The van der Waals surface area contributed by atoms with E-state index in [-0.39, 0.29) is 5.91 Å². The Morgan fingerprint density at radius 3 is 2.63 bits per heavy atom. The van der Waals surface area contributed by atoms with Gasteiger partial charge in [0, 0.05) is 49.9 Å². The van der Waals surface area contributed by atoms with Crippen LogP contribution in [0.5, 0.6) is 0 Å². The van der Waals surface area contributed by atoms with Gasteiger partial charge in [0.2, 0.25) is 17.6 Å². The van der Waals surface area contributed by atoms with E-state index in [1.807, 2.05) is 12.1 Å². The van der Waals surface area contributed by atoms with Crippen molar-refractivity contribution < 1.29 is 9.32 Å². The van der Waals surface area contributed by atoms with Gasteiger partial charge in [0.15, 0.2) is 5.96 Å². The summed E-state index contributed by atoms with van der Waals surface area (Å²) in [4.78, 5) is 25.1. The first-order chi connectivity index (χ1) is 14.6. The molecule has 160 valence electrons. The molecule has 1 aliphatic carbocycles. The maximum absolute atomic E-state index is 12.0. The number of halogens is 1. The number of amides is 1. The van der Waals surface area contributed by atoms with Crippen LogP contribution < -0.4 is 10.6 Å². The Labute approximate surface area is 180 Å². The lowest BCUT2D eigenvalue weighted by atomic mass is 10.2. The van der Waals surface area contributed by atoms with E-state index in [0.717, 1.165) is 50.5 Å². The lowest BCUT2D eigenvalue weighted by molar-refractivity contribution is -0.122. The Balaban J connectivity index is 1.24. The lowest BCUT2D eigenvalue weighted by Gasteiger charge is -2.36. The number of guanidine groups is 1. The van der Waals surface area contributed by atoms with Gasteiger partial charge in [-0.05, 0) is 37.1 Å². The van der Waals surface area contributed by atoms with Crippen LogP contribution in [-0.4, -0.2) is 77.6 Å². The van der Waals surface area contributed by atoms with Gasteiger partial charge >= 0.3 is 0 Å². The topological polar surface area (TPSA) is 98.9 Å². The van der Waals surface area contributed by atoms with Gasteiger partial charge in [0.05, 0.1) is 13.1 Å². The Hall–Kier alpha value is -2.65. The van der Waals surface area contributed by atoms with Gasteiger partial charge in [-0.15, -0.1) is 0 Å². The number of aliphatic imine (C=N–C) groups is 1. The van der Waals surface area contributed by atoms with Crippen LogP contribution >= 0.6 is 11.6 Å². The van der Waals surface area contributed by atoms with E-state index in [0.29, 0.717) is 35.9 Å². The van der Waals surface area contributed by atoms with Crippen molar-refractivity contribution in [1.82, 2.24) is 30.6 Å². The summed E-state index contributed by atoms with van der Waals surface area (Å²) in [6, 6.07) is 7.71. The molecule has 2 heterocycles. The minimum Gasteiger partial charge on any atom is -0.352 e. The molecule has 0 radical (unpaired) electrons. The molecule has 1 saturated heterocycles. The molecule has 0 atom stereocenters. The summed E-state index contributed by atoms with van der Waals surface area (Å²) in [7, 11) is 1.75. The van der Waals surface area contributed by atoms with Crippen LogP contribution in [0.15, 0.2) is 33.8 Å². The fourth-order valence-corrected chi connectivity index (χ4v) is 3.48. The highest BCUT2D eigenvalue weighted by atomic mass is 35.5. The van der Waals surface area contributed by atoms with E-state index in [2.05, 4.69) is 35.6 Å². The average Bonchev–Trinajstić information content (AvgIpc) is 3.43. The number of piperazine rings is 1. The second kappa shape index (κ2) is 9.44. The average molecular weight is 432 g/mol. The van der Waals surface area contributed by atoms with Crippen LogP contribution in [0.4, 0.5) is 0 Å². The summed E-state index contributed by atoms with van der Waals surface area (Å²) in [6.45, 7) is 4.09. The third-order valence-corrected chi connectivity index (χ3v) is 5.41. The summed E-state index contributed by atoms with van der Waals surface area (Å²) in [5.41, 5.74) is 0.848. The SMILES string of the molecule is CN=C(NCc1nc(-c2ccc(Cl)cc2)no1)N1CCN(CC(=O)NC2CC2)CC1. The molecule has 2 fully saturated rings. The van der Waals surface area contributed by atoms with Gasteiger partial charge in [-0.3, -0.25) is 14.7 Å². The molecule has 1 aromatic carbocycles. The molecular formula is C20H26ClN7O2. The molecule has 1 amide bonds. The Morgan fingerprint density at radius 2 is 1.97 bits per heavy atom. The molecule has 1 saturated carbocycles. The van der Waals surface area contributed by atoms with Crippen molar-refractivity contribution in [3.63, 3.8) is 0 Å². The van der Waals surface area contributed by atoms with E-state index >= 15 is 0 Å². The molecular weight excluding hydrogens is 406 g/mol. The van der Waals surface area contributed by atoms with Gasteiger partial charge in [-0.25, -0.2) is 0 Å². The number of hydrogen-bond acceptors (Lipinski definition) is 6. The van der Waals surface area contributed by atoms with Crippen molar-refractivity contribution in [1.29, 1.82) is 0 Å². The zero-order valence-corrected chi connectivity index (χ0v) is 17.7. The van der Waals surface area contributed by atoms with Crippen LogP contribution in [0, 0.1) is 0 Å². The second-order valence-corrected chi connectivity index (χ2v) is 7.96. The highest BCUT2D eigenvalue weighted by Crippen LogP contribution is 2.19. The monoisotopic (exact) mass is 431 g/mol. The Morgan fingerprint density at radius 1 is 1.23 bits per heavy atom. The van der Waals surface area contributed by atoms with Crippen molar-refractivity contribution in [2.45, 2.75) is 25.4 Å². The van der Waals surface area contributed by atoms with Crippen LogP contribution in [0.2, 0.25) is 5.02 Å².